The van der Waals surface area contributed by atoms with Gasteiger partial charge in [-0.3, -0.25) is 0 Å². The van der Waals surface area contributed by atoms with Crippen molar-refractivity contribution < 1.29 is 19.1 Å². The third-order valence-corrected chi connectivity index (χ3v) is 6.82. The van der Waals surface area contributed by atoms with Crippen molar-refractivity contribution in [2.45, 2.75) is 70.3 Å². The van der Waals surface area contributed by atoms with Crippen LogP contribution in [0, 0.1) is 5.92 Å². The number of nitrogens with two attached hydrogens (primary N) is 2. The second-order valence-electron chi connectivity index (χ2n) is 9.86. The van der Waals surface area contributed by atoms with Crippen LogP contribution < -0.4 is 11.5 Å². The smallest absolute Gasteiger partial charge is 0.338 e. The lowest BCUT2D eigenvalue weighted by molar-refractivity contribution is -0.137. The van der Waals surface area contributed by atoms with Gasteiger partial charge in [-0.2, -0.15) is 0 Å². The molecule has 0 heterocycles. The van der Waals surface area contributed by atoms with Crippen LogP contribution in [-0.2, 0) is 20.7 Å². The summed E-state index contributed by atoms with van der Waals surface area (Å²) in [6.07, 6.45) is 15.9. The summed E-state index contributed by atoms with van der Waals surface area (Å²) in [5, 5.41) is 0. The first kappa shape index (κ1) is 28.0. The fourth-order valence-electron chi connectivity index (χ4n) is 4.76. The molecule has 1 saturated carbocycles. The highest BCUT2D eigenvalue weighted by Gasteiger charge is 2.24. The molecule has 0 unspecified atom stereocenters. The number of benzene rings is 2. The van der Waals surface area contributed by atoms with E-state index in [1.807, 2.05) is 18.2 Å². The SMILES string of the molecule is C=CCCCCCC1CCC(OC(=O)c2ccc(/C=C/C(=O)OCCc3cc(N)cc(N)c3)cc2)CC1. The van der Waals surface area contributed by atoms with Crippen LogP contribution in [0.1, 0.15) is 79.3 Å². The highest BCUT2D eigenvalue weighted by molar-refractivity contribution is 5.90. The van der Waals surface area contributed by atoms with Gasteiger partial charge in [0.25, 0.3) is 0 Å². The molecule has 0 aliphatic heterocycles. The average molecular weight is 505 g/mol. The van der Waals surface area contributed by atoms with Gasteiger partial charge in [0, 0.05) is 23.9 Å². The Morgan fingerprint density at radius 2 is 1.65 bits per heavy atom. The minimum atomic E-state index is -0.437. The van der Waals surface area contributed by atoms with Gasteiger partial charge in [0.1, 0.15) is 6.10 Å². The summed E-state index contributed by atoms with van der Waals surface area (Å²) in [5.74, 6) is 0.0325. The molecular weight excluding hydrogens is 464 g/mol. The van der Waals surface area contributed by atoms with E-state index >= 15 is 0 Å². The van der Waals surface area contributed by atoms with Crippen LogP contribution in [0.2, 0.25) is 0 Å². The van der Waals surface area contributed by atoms with Gasteiger partial charge in [0.05, 0.1) is 12.2 Å². The second-order valence-corrected chi connectivity index (χ2v) is 9.86. The lowest BCUT2D eigenvalue weighted by Crippen LogP contribution is -2.24. The Hall–Kier alpha value is -3.54. The van der Waals surface area contributed by atoms with Crippen LogP contribution in [0.15, 0.2) is 61.2 Å². The van der Waals surface area contributed by atoms with Gasteiger partial charge in [0.2, 0.25) is 0 Å². The van der Waals surface area contributed by atoms with E-state index in [-0.39, 0.29) is 18.7 Å². The Morgan fingerprint density at radius 3 is 2.32 bits per heavy atom. The van der Waals surface area contributed by atoms with Crippen LogP contribution in [-0.4, -0.2) is 24.6 Å². The number of anilines is 2. The maximum atomic E-state index is 12.6. The summed E-state index contributed by atoms with van der Waals surface area (Å²) in [7, 11) is 0. The van der Waals surface area contributed by atoms with Gasteiger partial charge in [-0.1, -0.05) is 37.5 Å². The van der Waals surface area contributed by atoms with E-state index in [0.29, 0.717) is 23.4 Å². The number of carbonyl (C=O) groups excluding carboxylic acids is 2. The van der Waals surface area contributed by atoms with Crippen molar-refractivity contribution in [2.75, 3.05) is 18.1 Å². The van der Waals surface area contributed by atoms with Crippen LogP contribution in [0.3, 0.4) is 0 Å². The number of carbonyl (C=O) groups is 2. The number of unbranched alkanes of at least 4 members (excludes halogenated alkanes) is 3. The van der Waals surface area contributed by atoms with Crippen LogP contribution in [0.4, 0.5) is 11.4 Å². The van der Waals surface area contributed by atoms with Crippen molar-refractivity contribution in [3.63, 3.8) is 0 Å². The predicted octanol–water partition coefficient (Wildman–Crippen LogP) is 6.50. The molecule has 4 N–H and O–H groups in total. The Balaban J connectivity index is 1.35. The van der Waals surface area contributed by atoms with Crippen LogP contribution >= 0.6 is 0 Å². The monoisotopic (exact) mass is 504 g/mol. The molecule has 1 aliphatic carbocycles. The first-order valence-corrected chi connectivity index (χ1v) is 13.3. The van der Waals surface area contributed by atoms with Crippen LogP contribution in [0.5, 0.6) is 0 Å². The Morgan fingerprint density at radius 1 is 0.946 bits per heavy atom. The standard InChI is InChI=1S/C31H40N2O4/c1-2-3-4-5-6-7-23-10-15-29(16-11-23)37-31(35)26-13-8-24(9-14-26)12-17-30(34)36-19-18-25-20-27(32)22-28(33)21-25/h2,8-9,12-14,17,20-23,29H,1,3-7,10-11,15-16,18-19,32-33H2/b17-12+. The number of nitrogen functional groups attached to an aromatic ring is 2. The molecule has 0 aromatic heterocycles. The summed E-state index contributed by atoms with van der Waals surface area (Å²) in [5.41, 5.74) is 15.0. The van der Waals surface area contributed by atoms with Crippen molar-refractivity contribution in [2.24, 2.45) is 5.92 Å². The fourth-order valence-corrected chi connectivity index (χ4v) is 4.76. The summed E-state index contributed by atoms with van der Waals surface area (Å²) in [6, 6.07) is 12.3. The fraction of sp³-hybridized carbons (Fsp3) is 0.419. The molecule has 3 rings (SSSR count). The van der Waals surface area contributed by atoms with E-state index in [1.165, 1.54) is 31.8 Å². The molecule has 0 bridgehead atoms. The van der Waals surface area contributed by atoms with E-state index in [9.17, 15) is 9.59 Å². The number of hydrogen-bond donors (Lipinski definition) is 2. The van der Waals surface area contributed by atoms with E-state index in [4.69, 9.17) is 20.9 Å². The molecule has 2 aromatic rings. The van der Waals surface area contributed by atoms with Crippen molar-refractivity contribution in [1.29, 1.82) is 0 Å². The summed E-state index contributed by atoms with van der Waals surface area (Å²) in [6.45, 7) is 4.01. The zero-order valence-electron chi connectivity index (χ0n) is 21.7. The third kappa shape index (κ3) is 10.2. The zero-order chi connectivity index (χ0) is 26.5. The lowest BCUT2D eigenvalue weighted by atomic mass is 9.84. The summed E-state index contributed by atoms with van der Waals surface area (Å²) >= 11 is 0. The molecule has 6 heteroatoms. The molecule has 2 aromatic carbocycles. The van der Waals surface area contributed by atoms with E-state index in [2.05, 4.69) is 6.58 Å². The lowest BCUT2D eigenvalue weighted by Gasteiger charge is -2.28. The number of esters is 2. The maximum Gasteiger partial charge on any atom is 0.338 e. The number of rotatable bonds is 13. The minimum Gasteiger partial charge on any atom is -0.462 e. The first-order chi connectivity index (χ1) is 17.9. The first-order valence-electron chi connectivity index (χ1n) is 13.3. The topological polar surface area (TPSA) is 105 Å². The zero-order valence-corrected chi connectivity index (χ0v) is 21.7. The number of allylic oxidation sites excluding steroid dienone is 1. The van der Waals surface area contributed by atoms with Gasteiger partial charge in [-0.15, -0.1) is 6.58 Å². The molecule has 1 aliphatic rings. The average Bonchev–Trinajstić information content (AvgIpc) is 2.88. The van der Waals surface area contributed by atoms with Gasteiger partial charge < -0.3 is 20.9 Å². The number of ether oxygens (including phenoxy) is 2. The molecule has 0 spiro atoms. The largest absolute Gasteiger partial charge is 0.462 e. The minimum absolute atomic E-state index is 0.00243. The molecule has 0 atom stereocenters. The van der Waals surface area contributed by atoms with Crippen molar-refractivity contribution in [3.05, 3.63) is 77.9 Å². The Labute approximate surface area is 220 Å². The molecule has 0 radical (unpaired) electrons. The molecule has 37 heavy (non-hydrogen) atoms. The normalized spacial score (nSPS) is 17.4. The Bertz CT molecular complexity index is 1030. The van der Waals surface area contributed by atoms with Gasteiger partial charge in [-0.25, -0.2) is 9.59 Å². The van der Waals surface area contributed by atoms with Crippen molar-refractivity contribution in [1.82, 2.24) is 0 Å². The van der Waals surface area contributed by atoms with Gasteiger partial charge >= 0.3 is 11.9 Å². The predicted molar refractivity (Wildman–Crippen MR) is 150 cm³/mol. The molecule has 0 saturated heterocycles. The van der Waals surface area contributed by atoms with E-state index in [0.717, 1.165) is 49.1 Å². The quantitative estimate of drug-likeness (QED) is 0.106. The van der Waals surface area contributed by atoms with Crippen molar-refractivity contribution >= 4 is 29.4 Å². The highest BCUT2D eigenvalue weighted by Crippen LogP contribution is 2.30. The highest BCUT2D eigenvalue weighted by atomic mass is 16.5. The maximum absolute atomic E-state index is 12.6. The number of hydrogen-bond acceptors (Lipinski definition) is 6. The molecule has 198 valence electrons. The van der Waals surface area contributed by atoms with E-state index < -0.39 is 5.97 Å². The summed E-state index contributed by atoms with van der Waals surface area (Å²) in [4.78, 5) is 24.6. The second kappa shape index (κ2) is 14.9. The Kier molecular flexibility index (Phi) is 11.3. The van der Waals surface area contributed by atoms with Crippen LogP contribution in [0.25, 0.3) is 6.08 Å². The van der Waals surface area contributed by atoms with Gasteiger partial charge in [-0.05, 0) is 92.0 Å². The van der Waals surface area contributed by atoms with E-state index in [1.54, 1.807) is 36.4 Å². The molecular formula is C31H40N2O4. The summed E-state index contributed by atoms with van der Waals surface area (Å²) < 4.78 is 11.0. The molecule has 1 fully saturated rings. The van der Waals surface area contributed by atoms with Gasteiger partial charge in [0.15, 0.2) is 0 Å². The molecule has 0 amide bonds. The molecule has 6 nitrogen and oxygen atoms in total. The third-order valence-electron chi connectivity index (χ3n) is 6.82. The van der Waals surface area contributed by atoms with Crippen molar-refractivity contribution in [3.8, 4) is 0 Å².